The van der Waals surface area contributed by atoms with Crippen molar-refractivity contribution in [2.75, 3.05) is 39.5 Å². The van der Waals surface area contributed by atoms with E-state index in [9.17, 15) is 4.79 Å². The summed E-state index contributed by atoms with van der Waals surface area (Å²) in [5.41, 5.74) is -0.171. The SMILES string of the molecule is CCOCC(=O)N1CC2(C1)OCC[C@@H]2CCOc1ccccn1. The summed E-state index contributed by atoms with van der Waals surface area (Å²) >= 11 is 0. The average molecular weight is 320 g/mol. The van der Waals surface area contributed by atoms with Gasteiger partial charge in [0.25, 0.3) is 0 Å². The van der Waals surface area contributed by atoms with E-state index in [1.807, 2.05) is 30.0 Å². The maximum Gasteiger partial charge on any atom is 0.248 e. The van der Waals surface area contributed by atoms with E-state index < -0.39 is 0 Å². The Morgan fingerprint density at radius 1 is 1.48 bits per heavy atom. The van der Waals surface area contributed by atoms with Gasteiger partial charge in [-0.05, 0) is 31.7 Å². The fraction of sp³-hybridized carbons (Fsp3) is 0.647. The number of hydrogen-bond acceptors (Lipinski definition) is 5. The van der Waals surface area contributed by atoms with Gasteiger partial charge in [0.2, 0.25) is 11.8 Å². The standard InChI is InChI=1S/C17H24N2O4/c1-2-21-11-16(20)19-12-17(13-19)14(7-10-23-17)6-9-22-15-5-3-4-8-18-15/h3-5,8,14H,2,6-7,9-13H2,1H3/t14-/m0/s1. The molecule has 0 N–H and O–H groups in total. The van der Waals surface area contributed by atoms with Crippen molar-refractivity contribution < 1.29 is 19.0 Å². The molecule has 0 unspecified atom stereocenters. The quantitative estimate of drug-likeness (QED) is 0.762. The number of aromatic nitrogens is 1. The molecule has 0 aromatic carbocycles. The van der Waals surface area contributed by atoms with Crippen molar-refractivity contribution in [3.8, 4) is 5.88 Å². The van der Waals surface area contributed by atoms with Crippen molar-refractivity contribution in [1.82, 2.24) is 9.88 Å². The molecule has 3 rings (SSSR count). The first-order valence-corrected chi connectivity index (χ1v) is 8.27. The predicted octanol–water partition coefficient (Wildman–Crippen LogP) is 1.50. The number of likely N-dealkylation sites (tertiary alicyclic amines) is 1. The molecule has 1 spiro atoms. The Balaban J connectivity index is 1.45. The van der Waals surface area contributed by atoms with Gasteiger partial charge in [-0.25, -0.2) is 4.98 Å². The number of carbonyl (C=O) groups is 1. The zero-order valence-electron chi connectivity index (χ0n) is 13.6. The second-order valence-corrected chi connectivity index (χ2v) is 6.09. The fourth-order valence-electron chi connectivity index (χ4n) is 3.34. The van der Waals surface area contributed by atoms with Crippen LogP contribution in [0.4, 0.5) is 0 Å². The normalized spacial score (nSPS) is 22.1. The lowest BCUT2D eigenvalue weighted by Crippen LogP contribution is -2.66. The van der Waals surface area contributed by atoms with Gasteiger partial charge in [-0.3, -0.25) is 4.79 Å². The third kappa shape index (κ3) is 3.64. The summed E-state index contributed by atoms with van der Waals surface area (Å²) in [4.78, 5) is 17.9. The van der Waals surface area contributed by atoms with Crippen LogP contribution in [0.15, 0.2) is 24.4 Å². The monoisotopic (exact) mass is 320 g/mol. The zero-order valence-corrected chi connectivity index (χ0v) is 13.6. The van der Waals surface area contributed by atoms with Crippen LogP contribution >= 0.6 is 0 Å². The van der Waals surface area contributed by atoms with Crippen molar-refractivity contribution in [1.29, 1.82) is 0 Å². The molecular weight excluding hydrogens is 296 g/mol. The third-order valence-corrected chi connectivity index (χ3v) is 4.65. The molecule has 0 radical (unpaired) electrons. The first-order valence-electron chi connectivity index (χ1n) is 8.27. The van der Waals surface area contributed by atoms with E-state index in [0.29, 0.717) is 38.1 Å². The Kier molecular flexibility index (Phi) is 5.13. The molecule has 1 amide bonds. The second kappa shape index (κ2) is 7.27. The van der Waals surface area contributed by atoms with Gasteiger partial charge in [0.15, 0.2) is 0 Å². The zero-order chi connectivity index (χ0) is 16.1. The Morgan fingerprint density at radius 3 is 3.09 bits per heavy atom. The molecule has 3 heterocycles. The van der Waals surface area contributed by atoms with Gasteiger partial charge in [0.1, 0.15) is 12.2 Å². The molecule has 6 nitrogen and oxygen atoms in total. The Labute approximate surface area is 136 Å². The molecule has 1 aromatic heterocycles. The maximum atomic E-state index is 11.9. The first-order chi connectivity index (χ1) is 11.2. The maximum absolute atomic E-state index is 11.9. The number of amides is 1. The Hall–Kier alpha value is -1.66. The van der Waals surface area contributed by atoms with Gasteiger partial charge in [-0.15, -0.1) is 0 Å². The number of pyridine rings is 1. The summed E-state index contributed by atoms with van der Waals surface area (Å²) in [6.07, 6.45) is 3.67. The minimum absolute atomic E-state index is 0.0523. The molecule has 0 aliphatic carbocycles. The molecule has 1 atom stereocenters. The number of hydrogen-bond donors (Lipinski definition) is 0. The van der Waals surface area contributed by atoms with Gasteiger partial charge < -0.3 is 19.1 Å². The molecule has 1 aromatic rings. The van der Waals surface area contributed by atoms with E-state index in [1.54, 1.807) is 6.20 Å². The van der Waals surface area contributed by atoms with Crippen LogP contribution in [0.1, 0.15) is 19.8 Å². The lowest BCUT2D eigenvalue weighted by molar-refractivity contribution is -0.169. The Bertz CT molecular complexity index is 517. The summed E-state index contributed by atoms with van der Waals surface area (Å²) in [7, 11) is 0. The van der Waals surface area contributed by atoms with Crippen molar-refractivity contribution in [2.45, 2.75) is 25.4 Å². The molecule has 0 bridgehead atoms. The molecule has 2 aliphatic heterocycles. The lowest BCUT2D eigenvalue weighted by Gasteiger charge is -2.50. The number of carbonyl (C=O) groups excluding carboxylic acids is 1. The van der Waals surface area contributed by atoms with Crippen LogP contribution in [0.3, 0.4) is 0 Å². The minimum atomic E-state index is -0.171. The number of ether oxygens (including phenoxy) is 3. The van der Waals surface area contributed by atoms with Crippen LogP contribution in [0.2, 0.25) is 0 Å². The van der Waals surface area contributed by atoms with Gasteiger partial charge in [0, 0.05) is 25.5 Å². The molecular formula is C17H24N2O4. The van der Waals surface area contributed by atoms with Crippen LogP contribution in [-0.4, -0.2) is 60.9 Å². The van der Waals surface area contributed by atoms with E-state index >= 15 is 0 Å². The van der Waals surface area contributed by atoms with Crippen LogP contribution in [0, 0.1) is 5.92 Å². The van der Waals surface area contributed by atoms with Crippen molar-refractivity contribution in [2.24, 2.45) is 5.92 Å². The van der Waals surface area contributed by atoms with E-state index in [-0.39, 0.29) is 18.1 Å². The van der Waals surface area contributed by atoms with E-state index in [4.69, 9.17) is 14.2 Å². The van der Waals surface area contributed by atoms with Crippen LogP contribution in [0.5, 0.6) is 5.88 Å². The third-order valence-electron chi connectivity index (χ3n) is 4.65. The molecule has 23 heavy (non-hydrogen) atoms. The fourth-order valence-corrected chi connectivity index (χ4v) is 3.34. The summed E-state index contributed by atoms with van der Waals surface area (Å²) in [6.45, 7) is 5.36. The van der Waals surface area contributed by atoms with Crippen molar-refractivity contribution in [3.63, 3.8) is 0 Å². The summed E-state index contributed by atoms with van der Waals surface area (Å²) < 4.78 is 16.8. The molecule has 2 aliphatic rings. The lowest BCUT2D eigenvalue weighted by atomic mass is 9.79. The minimum Gasteiger partial charge on any atom is -0.478 e. The molecule has 0 saturated carbocycles. The molecule has 126 valence electrons. The Morgan fingerprint density at radius 2 is 2.35 bits per heavy atom. The highest BCUT2D eigenvalue weighted by Gasteiger charge is 2.54. The number of nitrogens with zero attached hydrogens (tertiary/aromatic N) is 2. The van der Waals surface area contributed by atoms with E-state index in [0.717, 1.165) is 19.4 Å². The van der Waals surface area contributed by atoms with Gasteiger partial charge in [-0.2, -0.15) is 0 Å². The van der Waals surface area contributed by atoms with E-state index in [2.05, 4.69) is 4.98 Å². The van der Waals surface area contributed by atoms with Crippen LogP contribution < -0.4 is 4.74 Å². The topological polar surface area (TPSA) is 60.9 Å². The highest BCUT2D eigenvalue weighted by Crippen LogP contribution is 2.41. The summed E-state index contributed by atoms with van der Waals surface area (Å²) in [5, 5.41) is 0. The molecule has 2 saturated heterocycles. The molecule has 6 heteroatoms. The highest BCUT2D eigenvalue weighted by atomic mass is 16.5. The highest BCUT2D eigenvalue weighted by molar-refractivity contribution is 5.78. The van der Waals surface area contributed by atoms with E-state index in [1.165, 1.54) is 0 Å². The number of rotatable bonds is 7. The van der Waals surface area contributed by atoms with Gasteiger partial charge in [0.05, 0.1) is 19.7 Å². The first kappa shape index (κ1) is 16.2. The average Bonchev–Trinajstić information content (AvgIpc) is 2.96. The molecule has 2 fully saturated rings. The predicted molar refractivity (Wildman–Crippen MR) is 84.2 cm³/mol. The second-order valence-electron chi connectivity index (χ2n) is 6.09. The smallest absolute Gasteiger partial charge is 0.248 e. The largest absolute Gasteiger partial charge is 0.478 e. The van der Waals surface area contributed by atoms with Crippen molar-refractivity contribution >= 4 is 5.91 Å². The summed E-state index contributed by atoms with van der Waals surface area (Å²) in [5.74, 6) is 1.14. The summed E-state index contributed by atoms with van der Waals surface area (Å²) in [6, 6.07) is 5.64. The van der Waals surface area contributed by atoms with Crippen LogP contribution in [-0.2, 0) is 14.3 Å². The van der Waals surface area contributed by atoms with Crippen LogP contribution in [0.25, 0.3) is 0 Å². The van der Waals surface area contributed by atoms with Gasteiger partial charge >= 0.3 is 0 Å². The van der Waals surface area contributed by atoms with Crippen molar-refractivity contribution in [3.05, 3.63) is 24.4 Å². The van der Waals surface area contributed by atoms with Gasteiger partial charge in [-0.1, -0.05) is 6.07 Å².